The summed E-state index contributed by atoms with van der Waals surface area (Å²) in [5.74, 6) is 0.739. The van der Waals surface area contributed by atoms with Crippen LogP contribution in [0.4, 0.5) is 0 Å². The first-order chi connectivity index (χ1) is 22.1. The van der Waals surface area contributed by atoms with Gasteiger partial charge in [0, 0.05) is 22.1 Å². The maximum Gasteiger partial charge on any atom is 0.161 e. The standard InChI is InChI=1S/C43H30N2/c1-43(2)38-18-9-8-15-33(38)35-24-23-32-34(41(35)43)16-10-17-36(32)42-44-39(29-12-4-3-5-13-29)26-40(45-42)30-22-21-28-20-19-27-11-6-7-14-31(27)37(28)25-30/h3-26H,1-2H3. The Kier molecular flexibility index (Phi) is 5.58. The SMILES string of the molecule is CC1(C)c2ccccc2-c2ccc3c(-c4nc(-c5ccccc5)cc(-c5ccc6ccc7ccccc7c6c5)n4)cccc3c21. The first-order valence-electron chi connectivity index (χ1n) is 15.6. The molecule has 0 fully saturated rings. The van der Waals surface area contributed by atoms with Crippen LogP contribution in [-0.2, 0) is 5.41 Å². The maximum absolute atomic E-state index is 5.29. The zero-order valence-corrected chi connectivity index (χ0v) is 25.3. The lowest BCUT2D eigenvalue weighted by Gasteiger charge is -2.23. The smallest absolute Gasteiger partial charge is 0.161 e. The Hall–Kier alpha value is -5.60. The van der Waals surface area contributed by atoms with Crippen molar-refractivity contribution >= 4 is 32.3 Å². The number of aromatic nitrogens is 2. The van der Waals surface area contributed by atoms with Crippen molar-refractivity contribution in [1.82, 2.24) is 9.97 Å². The molecule has 9 rings (SSSR count). The van der Waals surface area contributed by atoms with Gasteiger partial charge in [0.05, 0.1) is 11.4 Å². The number of hydrogen-bond donors (Lipinski definition) is 0. The van der Waals surface area contributed by atoms with E-state index in [1.54, 1.807) is 0 Å². The highest BCUT2D eigenvalue weighted by atomic mass is 14.9. The molecule has 2 heteroatoms. The van der Waals surface area contributed by atoms with E-state index in [4.69, 9.17) is 9.97 Å². The van der Waals surface area contributed by atoms with Gasteiger partial charge >= 0.3 is 0 Å². The molecule has 0 amide bonds. The molecular formula is C43H30N2. The van der Waals surface area contributed by atoms with Gasteiger partial charge in [-0.15, -0.1) is 0 Å². The molecule has 0 atom stereocenters. The van der Waals surface area contributed by atoms with Gasteiger partial charge in [-0.25, -0.2) is 9.97 Å². The molecule has 0 N–H and O–H groups in total. The third-order valence-corrected chi connectivity index (χ3v) is 9.66. The highest BCUT2D eigenvalue weighted by molar-refractivity contribution is 6.09. The first kappa shape index (κ1) is 25.9. The lowest BCUT2D eigenvalue weighted by molar-refractivity contribution is 0.666. The van der Waals surface area contributed by atoms with Crippen LogP contribution in [0.15, 0.2) is 146 Å². The molecule has 8 aromatic rings. The summed E-state index contributed by atoms with van der Waals surface area (Å²) in [6.07, 6.45) is 0. The van der Waals surface area contributed by atoms with Gasteiger partial charge in [-0.05, 0) is 66.7 Å². The van der Waals surface area contributed by atoms with Crippen LogP contribution in [0, 0.1) is 0 Å². The summed E-state index contributed by atoms with van der Waals surface area (Å²) in [6, 6.07) is 52.2. The van der Waals surface area contributed by atoms with Gasteiger partial charge in [-0.2, -0.15) is 0 Å². The Labute approximate surface area is 262 Å². The van der Waals surface area contributed by atoms with Crippen LogP contribution in [-0.4, -0.2) is 9.97 Å². The van der Waals surface area contributed by atoms with Gasteiger partial charge in [0.15, 0.2) is 5.82 Å². The fourth-order valence-corrected chi connectivity index (χ4v) is 7.48. The minimum atomic E-state index is -0.101. The van der Waals surface area contributed by atoms with Gasteiger partial charge in [-0.1, -0.05) is 147 Å². The lowest BCUT2D eigenvalue weighted by Crippen LogP contribution is -2.15. The van der Waals surface area contributed by atoms with Crippen molar-refractivity contribution < 1.29 is 0 Å². The van der Waals surface area contributed by atoms with Crippen LogP contribution in [0.3, 0.4) is 0 Å². The molecule has 0 aliphatic heterocycles. The molecule has 2 nitrogen and oxygen atoms in total. The predicted molar refractivity (Wildman–Crippen MR) is 188 cm³/mol. The fraction of sp³-hybridized carbons (Fsp3) is 0.0698. The number of nitrogens with zero attached hydrogens (tertiary/aromatic N) is 2. The molecule has 0 saturated carbocycles. The molecule has 212 valence electrons. The van der Waals surface area contributed by atoms with E-state index in [1.807, 2.05) is 6.07 Å². The number of rotatable bonds is 3. The molecular weight excluding hydrogens is 544 g/mol. The molecule has 0 bridgehead atoms. The molecule has 1 aliphatic carbocycles. The largest absolute Gasteiger partial charge is 0.228 e. The monoisotopic (exact) mass is 574 g/mol. The molecule has 45 heavy (non-hydrogen) atoms. The minimum Gasteiger partial charge on any atom is -0.228 e. The summed E-state index contributed by atoms with van der Waals surface area (Å²) in [4.78, 5) is 10.5. The topological polar surface area (TPSA) is 25.8 Å². The zero-order chi connectivity index (χ0) is 30.1. The van der Waals surface area contributed by atoms with Crippen molar-refractivity contribution in [1.29, 1.82) is 0 Å². The van der Waals surface area contributed by atoms with Gasteiger partial charge in [0.25, 0.3) is 0 Å². The van der Waals surface area contributed by atoms with E-state index in [9.17, 15) is 0 Å². The Balaban J connectivity index is 1.28. The average molecular weight is 575 g/mol. The van der Waals surface area contributed by atoms with Crippen LogP contribution in [0.1, 0.15) is 25.0 Å². The molecule has 0 saturated heterocycles. The third kappa shape index (κ3) is 3.96. The second-order valence-corrected chi connectivity index (χ2v) is 12.6. The molecule has 7 aromatic carbocycles. The quantitative estimate of drug-likeness (QED) is 0.196. The second kappa shape index (κ2) is 9.70. The summed E-state index contributed by atoms with van der Waals surface area (Å²) in [5.41, 5.74) is 10.3. The summed E-state index contributed by atoms with van der Waals surface area (Å²) in [7, 11) is 0. The van der Waals surface area contributed by atoms with E-state index in [1.165, 1.54) is 54.6 Å². The van der Waals surface area contributed by atoms with E-state index in [0.717, 1.165) is 33.9 Å². The average Bonchev–Trinajstić information content (AvgIpc) is 3.34. The van der Waals surface area contributed by atoms with Gasteiger partial charge in [-0.3, -0.25) is 0 Å². The highest BCUT2D eigenvalue weighted by Crippen LogP contribution is 2.52. The van der Waals surface area contributed by atoms with Crippen molar-refractivity contribution in [2.75, 3.05) is 0 Å². The van der Waals surface area contributed by atoms with E-state index in [-0.39, 0.29) is 5.41 Å². The third-order valence-electron chi connectivity index (χ3n) is 9.66. The van der Waals surface area contributed by atoms with Crippen LogP contribution >= 0.6 is 0 Å². The van der Waals surface area contributed by atoms with E-state index >= 15 is 0 Å². The highest BCUT2D eigenvalue weighted by Gasteiger charge is 2.36. The van der Waals surface area contributed by atoms with Crippen molar-refractivity contribution in [3.8, 4) is 45.0 Å². The Morgan fingerprint density at radius 3 is 1.96 bits per heavy atom. The number of benzene rings is 7. The molecule has 1 aliphatic rings. The fourth-order valence-electron chi connectivity index (χ4n) is 7.48. The number of fused-ring (bicyclic) bond motifs is 8. The van der Waals surface area contributed by atoms with Crippen molar-refractivity contribution in [3.05, 3.63) is 157 Å². The normalized spacial score (nSPS) is 13.3. The summed E-state index contributed by atoms with van der Waals surface area (Å²) in [6.45, 7) is 4.69. The van der Waals surface area contributed by atoms with Gasteiger partial charge in [0.1, 0.15) is 0 Å². The molecule has 1 aromatic heterocycles. The van der Waals surface area contributed by atoms with E-state index < -0.39 is 0 Å². The second-order valence-electron chi connectivity index (χ2n) is 12.6. The zero-order valence-electron chi connectivity index (χ0n) is 25.3. The molecule has 0 unspecified atom stereocenters. The summed E-state index contributed by atoms with van der Waals surface area (Å²) >= 11 is 0. The first-order valence-corrected chi connectivity index (χ1v) is 15.6. The van der Waals surface area contributed by atoms with Crippen LogP contribution < -0.4 is 0 Å². The molecule has 1 heterocycles. The van der Waals surface area contributed by atoms with E-state index in [0.29, 0.717) is 0 Å². The molecule has 0 spiro atoms. The van der Waals surface area contributed by atoms with Crippen molar-refractivity contribution in [2.24, 2.45) is 0 Å². The van der Waals surface area contributed by atoms with Crippen molar-refractivity contribution in [3.63, 3.8) is 0 Å². The van der Waals surface area contributed by atoms with Crippen molar-refractivity contribution in [2.45, 2.75) is 19.3 Å². The molecule has 0 radical (unpaired) electrons. The van der Waals surface area contributed by atoms with Crippen LogP contribution in [0.25, 0.3) is 77.3 Å². The summed E-state index contributed by atoms with van der Waals surface area (Å²) < 4.78 is 0. The maximum atomic E-state index is 5.29. The number of hydrogen-bond acceptors (Lipinski definition) is 2. The van der Waals surface area contributed by atoms with Gasteiger partial charge in [0.2, 0.25) is 0 Å². The lowest BCUT2D eigenvalue weighted by atomic mass is 9.80. The Morgan fingerprint density at radius 2 is 1.09 bits per heavy atom. The van der Waals surface area contributed by atoms with E-state index in [2.05, 4.69) is 153 Å². The van der Waals surface area contributed by atoms with Crippen LogP contribution in [0.2, 0.25) is 0 Å². The minimum absolute atomic E-state index is 0.101. The van der Waals surface area contributed by atoms with Gasteiger partial charge < -0.3 is 0 Å². The Morgan fingerprint density at radius 1 is 0.422 bits per heavy atom. The predicted octanol–water partition coefficient (Wildman–Crippen LogP) is 11.2. The summed E-state index contributed by atoms with van der Waals surface area (Å²) in [5, 5.41) is 7.39. The van der Waals surface area contributed by atoms with Crippen LogP contribution in [0.5, 0.6) is 0 Å². The Bertz CT molecular complexity index is 2450.